The predicted octanol–water partition coefficient (Wildman–Crippen LogP) is 2.31. The summed E-state index contributed by atoms with van der Waals surface area (Å²) in [6.45, 7) is 0. The van der Waals surface area contributed by atoms with Crippen molar-refractivity contribution in [2.24, 2.45) is 12.8 Å². The maximum atomic E-state index is 6.23. The van der Waals surface area contributed by atoms with E-state index < -0.39 is 6.04 Å². The molecule has 0 spiro atoms. The second-order valence-electron chi connectivity index (χ2n) is 4.50. The summed E-state index contributed by atoms with van der Waals surface area (Å²) in [6, 6.07) is 11.4. The van der Waals surface area contributed by atoms with Crippen molar-refractivity contribution in [1.82, 2.24) is 19.6 Å². The average molecular weight is 288 g/mol. The summed E-state index contributed by atoms with van der Waals surface area (Å²) >= 11 is 6.12. The third-order valence-electron chi connectivity index (χ3n) is 3.18. The first-order valence-electron chi connectivity index (χ1n) is 6.21. The Morgan fingerprint density at radius 3 is 2.60 bits per heavy atom. The molecule has 20 heavy (non-hydrogen) atoms. The van der Waals surface area contributed by atoms with E-state index in [1.807, 2.05) is 49.6 Å². The Bertz CT molecular complexity index is 697. The van der Waals surface area contributed by atoms with Gasteiger partial charge in [-0.3, -0.25) is 4.68 Å². The molecular formula is C14H14ClN5. The van der Waals surface area contributed by atoms with Gasteiger partial charge < -0.3 is 5.73 Å². The van der Waals surface area contributed by atoms with Crippen molar-refractivity contribution >= 4 is 11.6 Å². The molecular weight excluding hydrogens is 274 g/mol. The molecule has 0 aliphatic carbocycles. The van der Waals surface area contributed by atoms with Crippen LogP contribution in [-0.4, -0.2) is 19.6 Å². The van der Waals surface area contributed by atoms with Crippen molar-refractivity contribution in [2.45, 2.75) is 6.04 Å². The molecule has 3 rings (SSSR count). The van der Waals surface area contributed by atoms with Crippen LogP contribution in [0.2, 0.25) is 5.02 Å². The zero-order chi connectivity index (χ0) is 14.1. The summed E-state index contributed by atoms with van der Waals surface area (Å²) in [5.41, 5.74) is 8.72. The van der Waals surface area contributed by atoms with Crippen LogP contribution in [0.15, 0.2) is 48.8 Å². The van der Waals surface area contributed by atoms with Gasteiger partial charge in [-0.05, 0) is 18.2 Å². The highest BCUT2D eigenvalue weighted by Gasteiger charge is 2.19. The van der Waals surface area contributed by atoms with E-state index in [0.29, 0.717) is 5.02 Å². The van der Waals surface area contributed by atoms with Crippen molar-refractivity contribution < 1.29 is 0 Å². The lowest BCUT2D eigenvalue weighted by atomic mass is 10.1. The molecule has 1 unspecified atom stereocenters. The fourth-order valence-electron chi connectivity index (χ4n) is 2.14. The van der Waals surface area contributed by atoms with E-state index in [-0.39, 0.29) is 0 Å². The van der Waals surface area contributed by atoms with E-state index in [2.05, 4.69) is 10.2 Å². The SMILES string of the molecule is Cn1ncc(Cl)c1C(N)c1ccn(-c2ccccc2)n1. The lowest BCUT2D eigenvalue weighted by molar-refractivity contribution is 0.657. The zero-order valence-corrected chi connectivity index (χ0v) is 11.7. The number of hydrogen-bond donors (Lipinski definition) is 1. The van der Waals surface area contributed by atoms with Crippen molar-refractivity contribution in [1.29, 1.82) is 0 Å². The molecule has 0 radical (unpaired) electrons. The fraction of sp³-hybridized carbons (Fsp3) is 0.143. The molecule has 1 atom stereocenters. The van der Waals surface area contributed by atoms with Gasteiger partial charge in [0.2, 0.25) is 0 Å². The quantitative estimate of drug-likeness (QED) is 0.804. The number of para-hydroxylation sites is 1. The molecule has 3 aromatic rings. The number of hydrogen-bond acceptors (Lipinski definition) is 3. The average Bonchev–Trinajstić information content (AvgIpc) is 3.07. The Labute approximate surface area is 121 Å². The van der Waals surface area contributed by atoms with Crippen LogP contribution < -0.4 is 5.73 Å². The van der Waals surface area contributed by atoms with E-state index in [9.17, 15) is 0 Å². The number of nitrogens with zero attached hydrogens (tertiary/aromatic N) is 4. The van der Waals surface area contributed by atoms with Gasteiger partial charge in [-0.1, -0.05) is 29.8 Å². The van der Waals surface area contributed by atoms with Gasteiger partial charge in [0.15, 0.2) is 0 Å². The van der Waals surface area contributed by atoms with Gasteiger partial charge in [0.1, 0.15) is 0 Å². The van der Waals surface area contributed by atoms with Crippen LogP contribution in [0.3, 0.4) is 0 Å². The maximum absolute atomic E-state index is 6.23. The van der Waals surface area contributed by atoms with Crippen molar-refractivity contribution in [3.63, 3.8) is 0 Å². The van der Waals surface area contributed by atoms with Crippen molar-refractivity contribution in [3.05, 3.63) is 65.2 Å². The lowest BCUT2D eigenvalue weighted by Crippen LogP contribution is -2.17. The Kier molecular flexibility index (Phi) is 3.30. The summed E-state index contributed by atoms with van der Waals surface area (Å²) in [7, 11) is 1.81. The molecule has 2 N–H and O–H groups in total. The Morgan fingerprint density at radius 2 is 1.95 bits per heavy atom. The summed E-state index contributed by atoms with van der Waals surface area (Å²) in [4.78, 5) is 0. The van der Waals surface area contributed by atoms with Crippen LogP contribution in [0.25, 0.3) is 5.69 Å². The Morgan fingerprint density at radius 1 is 1.20 bits per heavy atom. The van der Waals surface area contributed by atoms with E-state index >= 15 is 0 Å². The van der Waals surface area contributed by atoms with Crippen LogP contribution in [0, 0.1) is 0 Å². The molecule has 0 bridgehead atoms. The van der Waals surface area contributed by atoms with E-state index in [1.165, 1.54) is 0 Å². The monoisotopic (exact) mass is 287 g/mol. The summed E-state index contributed by atoms with van der Waals surface area (Å²) in [5.74, 6) is 0. The van der Waals surface area contributed by atoms with Crippen molar-refractivity contribution in [2.75, 3.05) is 0 Å². The third-order valence-corrected chi connectivity index (χ3v) is 3.47. The Balaban J connectivity index is 1.95. The second kappa shape index (κ2) is 5.11. The third kappa shape index (κ3) is 2.21. The van der Waals surface area contributed by atoms with Crippen LogP contribution in [-0.2, 0) is 7.05 Å². The van der Waals surface area contributed by atoms with Crippen molar-refractivity contribution in [3.8, 4) is 5.69 Å². The van der Waals surface area contributed by atoms with E-state index in [0.717, 1.165) is 17.1 Å². The standard InChI is InChI=1S/C14H14ClN5/c1-19-14(11(15)9-17-19)13(16)12-7-8-20(18-12)10-5-3-2-4-6-10/h2-9,13H,16H2,1H3. The van der Waals surface area contributed by atoms with E-state index in [1.54, 1.807) is 15.6 Å². The smallest absolute Gasteiger partial charge is 0.0930 e. The molecule has 2 heterocycles. The van der Waals surface area contributed by atoms with Gasteiger partial charge in [0, 0.05) is 13.2 Å². The first kappa shape index (κ1) is 12.9. The molecule has 1 aromatic carbocycles. The highest BCUT2D eigenvalue weighted by molar-refractivity contribution is 6.31. The molecule has 5 nitrogen and oxygen atoms in total. The highest BCUT2D eigenvalue weighted by Crippen LogP contribution is 2.25. The molecule has 0 saturated heterocycles. The number of halogens is 1. The minimum atomic E-state index is -0.403. The number of rotatable bonds is 3. The first-order valence-corrected chi connectivity index (χ1v) is 6.58. The highest BCUT2D eigenvalue weighted by atomic mass is 35.5. The normalized spacial score (nSPS) is 12.6. The first-order chi connectivity index (χ1) is 9.66. The van der Waals surface area contributed by atoms with Gasteiger partial charge >= 0.3 is 0 Å². The van der Waals surface area contributed by atoms with Crippen LogP contribution in [0.1, 0.15) is 17.4 Å². The molecule has 0 fully saturated rings. The molecule has 0 aliphatic heterocycles. The van der Waals surface area contributed by atoms with Gasteiger partial charge in [-0.15, -0.1) is 0 Å². The summed E-state index contributed by atoms with van der Waals surface area (Å²) < 4.78 is 3.47. The summed E-state index contributed by atoms with van der Waals surface area (Å²) in [6.07, 6.45) is 3.47. The zero-order valence-electron chi connectivity index (χ0n) is 10.9. The largest absolute Gasteiger partial charge is 0.318 e. The topological polar surface area (TPSA) is 61.7 Å². The molecule has 0 amide bonds. The van der Waals surface area contributed by atoms with Crippen LogP contribution in [0.5, 0.6) is 0 Å². The van der Waals surface area contributed by atoms with Gasteiger partial charge in [0.25, 0.3) is 0 Å². The fourth-order valence-corrected chi connectivity index (χ4v) is 2.42. The number of aryl methyl sites for hydroxylation is 1. The lowest BCUT2D eigenvalue weighted by Gasteiger charge is -2.10. The number of benzene rings is 1. The van der Waals surface area contributed by atoms with Gasteiger partial charge in [-0.25, -0.2) is 4.68 Å². The number of aromatic nitrogens is 4. The minimum absolute atomic E-state index is 0.403. The molecule has 6 heteroatoms. The van der Waals surface area contributed by atoms with Crippen LogP contribution >= 0.6 is 11.6 Å². The molecule has 102 valence electrons. The molecule has 0 aliphatic rings. The second-order valence-corrected chi connectivity index (χ2v) is 4.91. The Hall–Kier alpha value is -2.11. The number of nitrogens with two attached hydrogens (primary N) is 1. The van der Waals surface area contributed by atoms with Gasteiger partial charge in [-0.2, -0.15) is 10.2 Å². The van der Waals surface area contributed by atoms with E-state index in [4.69, 9.17) is 17.3 Å². The molecule has 2 aromatic heterocycles. The maximum Gasteiger partial charge on any atom is 0.0930 e. The predicted molar refractivity (Wildman–Crippen MR) is 77.8 cm³/mol. The van der Waals surface area contributed by atoms with Gasteiger partial charge in [0.05, 0.1) is 34.3 Å². The van der Waals surface area contributed by atoms with Crippen LogP contribution in [0.4, 0.5) is 0 Å². The summed E-state index contributed by atoms with van der Waals surface area (Å²) in [5, 5.41) is 9.16. The minimum Gasteiger partial charge on any atom is -0.318 e. The molecule has 0 saturated carbocycles.